The van der Waals surface area contributed by atoms with Gasteiger partial charge in [0.1, 0.15) is 5.69 Å². The minimum atomic E-state index is -0.0507. The first kappa shape index (κ1) is 11.0. The number of aromatic nitrogens is 1. The Kier molecular flexibility index (Phi) is 3.41. The lowest BCUT2D eigenvalue weighted by Gasteiger charge is -2.14. The van der Waals surface area contributed by atoms with Gasteiger partial charge >= 0.3 is 0 Å². The number of H-pyrrole nitrogens is 1. The lowest BCUT2D eigenvalue weighted by atomic mass is 10.2. The molecule has 2 rings (SSSR count). The van der Waals surface area contributed by atoms with Crippen LogP contribution in [0.25, 0.3) is 0 Å². The Morgan fingerprint density at radius 1 is 1.50 bits per heavy atom. The van der Waals surface area contributed by atoms with Crippen molar-refractivity contribution in [3.8, 4) is 0 Å². The number of hydrogen-bond acceptors (Lipinski definition) is 2. The van der Waals surface area contributed by atoms with Gasteiger partial charge in [-0.15, -0.1) is 11.3 Å². The van der Waals surface area contributed by atoms with Crippen LogP contribution in [0.4, 0.5) is 0 Å². The smallest absolute Gasteiger partial charge is 0.268 e. The van der Waals surface area contributed by atoms with Gasteiger partial charge in [-0.25, -0.2) is 0 Å². The highest BCUT2D eigenvalue weighted by Gasteiger charge is 2.14. The summed E-state index contributed by atoms with van der Waals surface area (Å²) in [6.07, 6.45) is 2.65. The van der Waals surface area contributed by atoms with Gasteiger partial charge in [-0.05, 0) is 30.0 Å². The number of carbonyl (C=O) groups is 1. The predicted octanol–water partition coefficient (Wildman–Crippen LogP) is 2.96. The Balaban J connectivity index is 2.05. The number of carbonyl (C=O) groups excluding carboxylic acids is 1. The molecule has 0 spiro atoms. The Bertz CT molecular complexity index is 434. The number of amides is 1. The average Bonchev–Trinajstić information content (AvgIpc) is 2.96. The van der Waals surface area contributed by atoms with Crippen LogP contribution in [0.15, 0.2) is 35.8 Å². The van der Waals surface area contributed by atoms with Crippen molar-refractivity contribution in [3.63, 3.8) is 0 Å². The highest BCUT2D eigenvalue weighted by atomic mass is 32.1. The largest absolute Gasteiger partial charge is 0.357 e. The highest BCUT2D eigenvalue weighted by molar-refractivity contribution is 7.10. The first-order chi connectivity index (χ1) is 7.81. The van der Waals surface area contributed by atoms with Crippen LogP contribution in [0.3, 0.4) is 0 Å². The molecule has 0 fully saturated rings. The fourth-order valence-corrected chi connectivity index (χ4v) is 2.43. The molecule has 16 heavy (non-hydrogen) atoms. The van der Waals surface area contributed by atoms with Crippen LogP contribution in [-0.2, 0) is 0 Å². The maximum atomic E-state index is 11.8. The van der Waals surface area contributed by atoms with Gasteiger partial charge in [0.15, 0.2) is 0 Å². The summed E-state index contributed by atoms with van der Waals surface area (Å²) < 4.78 is 0. The number of hydrogen-bond donors (Lipinski definition) is 2. The zero-order valence-corrected chi connectivity index (χ0v) is 9.88. The second-order valence-corrected chi connectivity index (χ2v) is 4.51. The van der Waals surface area contributed by atoms with Crippen molar-refractivity contribution in [2.45, 2.75) is 19.4 Å². The first-order valence-corrected chi connectivity index (χ1v) is 6.17. The minimum Gasteiger partial charge on any atom is -0.357 e. The van der Waals surface area contributed by atoms with Crippen LogP contribution >= 0.6 is 11.3 Å². The van der Waals surface area contributed by atoms with Gasteiger partial charge in [0.05, 0.1) is 6.04 Å². The lowest BCUT2D eigenvalue weighted by molar-refractivity contribution is 0.0932. The molecule has 2 aromatic heterocycles. The summed E-state index contributed by atoms with van der Waals surface area (Å²) >= 11 is 1.67. The standard InChI is InChI=1S/C12H14N2OS/c1-2-9(11-6-4-8-16-11)14-12(15)10-5-3-7-13-10/h3-9,13H,2H2,1H3,(H,14,15)/t9-/m1/s1. The third kappa shape index (κ3) is 2.33. The van der Waals surface area contributed by atoms with E-state index in [1.165, 1.54) is 4.88 Å². The van der Waals surface area contributed by atoms with E-state index in [-0.39, 0.29) is 11.9 Å². The van der Waals surface area contributed by atoms with Crippen LogP contribution in [0.5, 0.6) is 0 Å². The van der Waals surface area contributed by atoms with Crippen molar-refractivity contribution in [2.75, 3.05) is 0 Å². The van der Waals surface area contributed by atoms with E-state index >= 15 is 0 Å². The molecule has 84 valence electrons. The van der Waals surface area contributed by atoms with E-state index in [4.69, 9.17) is 0 Å². The molecule has 4 heteroatoms. The fourth-order valence-electron chi connectivity index (χ4n) is 1.57. The monoisotopic (exact) mass is 234 g/mol. The molecule has 0 aliphatic carbocycles. The Morgan fingerprint density at radius 2 is 2.38 bits per heavy atom. The molecule has 0 radical (unpaired) electrons. The fraction of sp³-hybridized carbons (Fsp3) is 0.250. The SMILES string of the molecule is CC[C@@H](NC(=O)c1ccc[nH]1)c1cccs1. The Hall–Kier alpha value is -1.55. The van der Waals surface area contributed by atoms with E-state index in [0.29, 0.717) is 5.69 Å². The quantitative estimate of drug-likeness (QED) is 0.839. The maximum absolute atomic E-state index is 11.8. The summed E-state index contributed by atoms with van der Waals surface area (Å²) in [4.78, 5) is 15.9. The molecule has 0 aromatic carbocycles. The van der Waals surface area contributed by atoms with Crippen molar-refractivity contribution in [3.05, 3.63) is 46.4 Å². The molecule has 0 aliphatic rings. The third-order valence-corrected chi connectivity index (χ3v) is 3.43. The summed E-state index contributed by atoms with van der Waals surface area (Å²) in [5, 5.41) is 5.04. The van der Waals surface area contributed by atoms with Crippen molar-refractivity contribution in [2.24, 2.45) is 0 Å². The van der Waals surface area contributed by atoms with Crippen molar-refractivity contribution in [1.82, 2.24) is 10.3 Å². The van der Waals surface area contributed by atoms with Gasteiger partial charge in [-0.1, -0.05) is 13.0 Å². The molecular weight excluding hydrogens is 220 g/mol. The first-order valence-electron chi connectivity index (χ1n) is 5.29. The second kappa shape index (κ2) is 4.99. The summed E-state index contributed by atoms with van der Waals surface area (Å²) in [6, 6.07) is 7.75. The average molecular weight is 234 g/mol. The van der Waals surface area contributed by atoms with Crippen LogP contribution in [0.2, 0.25) is 0 Å². The summed E-state index contributed by atoms with van der Waals surface area (Å²) in [7, 11) is 0. The molecule has 0 saturated heterocycles. The molecule has 2 heterocycles. The lowest BCUT2D eigenvalue weighted by Crippen LogP contribution is -2.27. The van der Waals surface area contributed by atoms with E-state index < -0.39 is 0 Å². The molecule has 0 unspecified atom stereocenters. The summed E-state index contributed by atoms with van der Waals surface area (Å²) in [5.41, 5.74) is 0.606. The predicted molar refractivity (Wildman–Crippen MR) is 65.6 cm³/mol. The normalized spacial score (nSPS) is 12.3. The number of aromatic amines is 1. The van der Waals surface area contributed by atoms with E-state index in [0.717, 1.165) is 6.42 Å². The minimum absolute atomic E-state index is 0.0507. The topological polar surface area (TPSA) is 44.9 Å². The van der Waals surface area contributed by atoms with E-state index in [1.54, 1.807) is 23.6 Å². The summed E-state index contributed by atoms with van der Waals surface area (Å²) in [5.74, 6) is -0.0507. The molecular formula is C12H14N2OS. The molecule has 2 N–H and O–H groups in total. The third-order valence-electron chi connectivity index (χ3n) is 2.44. The molecule has 0 saturated carbocycles. The van der Waals surface area contributed by atoms with Gasteiger partial charge in [0.2, 0.25) is 0 Å². The molecule has 1 atom stereocenters. The molecule has 3 nitrogen and oxygen atoms in total. The molecule has 0 bridgehead atoms. The van der Waals surface area contributed by atoms with Crippen molar-refractivity contribution < 1.29 is 4.79 Å². The van der Waals surface area contributed by atoms with E-state index in [9.17, 15) is 4.79 Å². The Labute approximate surface area is 98.5 Å². The number of nitrogens with one attached hydrogen (secondary N) is 2. The highest BCUT2D eigenvalue weighted by Crippen LogP contribution is 2.21. The van der Waals surface area contributed by atoms with Gasteiger partial charge in [-0.2, -0.15) is 0 Å². The van der Waals surface area contributed by atoms with Gasteiger partial charge < -0.3 is 10.3 Å². The molecule has 1 amide bonds. The van der Waals surface area contributed by atoms with E-state index in [1.807, 2.05) is 23.6 Å². The van der Waals surface area contributed by atoms with Crippen LogP contribution in [-0.4, -0.2) is 10.9 Å². The summed E-state index contributed by atoms with van der Waals surface area (Å²) in [6.45, 7) is 2.07. The zero-order chi connectivity index (χ0) is 11.4. The van der Waals surface area contributed by atoms with E-state index in [2.05, 4.69) is 17.2 Å². The molecule has 0 aliphatic heterocycles. The number of thiophene rings is 1. The van der Waals surface area contributed by atoms with Crippen molar-refractivity contribution in [1.29, 1.82) is 0 Å². The molecule has 2 aromatic rings. The van der Waals surface area contributed by atoms with Crippen LogP contribution in [0.1, 0.15) is 34.8 Å². The number of rotatable bonds is 4. The van der Waals surface area contributed by atoms with Crippen LogP contribution < -0.4 is 5.32 Å². The zero-order valence-electron chi connectivity index (χ0n) is 9.07. The van der Waals surface area contributed by atoms with Crippen molar-refractivity contribution >= 4 is 17.2 Å². The van der Waals surface area contributed by atoms with Gasteiger partial charge in [0.25, 0.3) is 5.91 Å². The Morgan fingerprint density at radius 3 is 2.94 bits per heavy atom. The van der Waals surface area contributed by atoms with Gasteiger partial charge in [0, 0.05) is 11.1 Å². The van der Waals surface area contributed by atoms with Crippen LogP contribution in [0, 0.1) is 0 Å². The second-order valence-electron chi connectivity index (χ2n) is 3.53. The maximum Gasteiger partial charge on any atom is 0.268 e. The van der Waals surface area contributed by atoms with Gasteiger partial charge in [-0.3, -0.25) is 4.79 Å².